The van der Waals surface area contributed by atoms with Crippen LogP contribution in [-0.2, 0) is 20.9 Å². The molecule has 2 rings (SSSR count). The lowest BCUT2D eigenvalue weighted by Crippen LogP contribution is -2.54. The molecule has 2 atom stereocenters. The predicted molar refractivity (Wildman–Crippen MR) is 93.9 cm³/mol. The van der Waals surface area contributed by atoms with E-state index in [1.54, 1.807) is 0 Å². The first kappa shape index (κ1) is 20.9. The molecule has 1 aromatic carbocycles. The van der Waals surface area contributed by atoms with Crippen LogP contribution < -0.4 is 10.6 Å². The van der Waals surface area contributed by atoms with Crippen molar-refractivity contribution in [2.75, 3.05) is 13.1 Å². The number of rotatable bonds is 4. The first-order valence-electron chi connectivity index (χ1n) is 8.29. The van der Waals surface area contributed by atoms with E-state index in [2.05, 4.69) is 15.4 Å². The lowest BCUT2D eigenvalue weighted by atomic mass is 10.0. The Labute approximate surface area is 148 Å². The van der Waals surface area contributed by atoms with Gasteiger partial charge in [0.25, 0.3) is 6.47 Å². The van der Waals surface area contributed by atoms with Gasteiger partial charge in [0, 0.05) is 6.54 Å². The maximum Gasteiger partial charge on any atom is 0.408 e. The number of ether oxygens (including phenoxy) is 2. The molecule has 0 saturated carbocycles. The van der Waals surface area contributed by atoms with Crippen molar-refractivity contribution in [3.63, 3.8) is 0 Å². The molecule has 3 N–H and O–H groups in total. The smallest absolute Gasteiger partial charge is 0.408 e. The summed E-state index contributed by atoms with van der Waals surface area (Å²) in [4.78, 5) is 21.2. The second-order valence-electron chi connectivity index (χ2n) is 6.71. The molecule has 7 nitrogen and oxygen atoms in total. The van der Waals surface area contributed by atoms with E-state index in [4.69, 9.17) is 4.74 Å². The van der Waals surface area contributed by atoms with E-state index in [9.17, 15) is 14.7 Å². The first-order valence-corrected chi connectivity index (χ1v) is 8.29. The second kappa shape index (κ2) is 10.7. The van der Waals surface area contributed by atoms with Gasteiger partial charge < -0.3 is 25.2 Å². The number of carbonyl (C=O) groups is 2. The van der Waals surface area contributed by atoms with Crippen molar-refractivity contribution < 1.29 is 24.2 Å². The first-order chi connectivity index (χ1) is 11.8. The van der Waals surface area contributed by atoms with E-state index < -0.39 is 17.8 Å². The molecule has 1 fully saturated rings. The van der Waals surface area contributed by atoms with Crippen LogP contribution in [0.2, 0.25) is 0 Å². The Morgan fingerprint density at radius 1 is 1.36 bits per heavy atom. The molecule has 0 unspecified atom stereocenters. The zero-order valence-corrected chi connectivity index (χ0v) is 15.0. The number of hydrogen-bond donors (Lipinski definition) is 3. The SMILES string of the molecule is CC(C)(C)OC(=O)N[C@@H]1CNCC[C@@H]1O.O=COCc1ccccc1. The highest BCUT2D eigenvalue weighted by Gasteiger charge is 2.26. The molecule has 1 aromatic rings. The molecule has 0 aromatic heterocycles. The highest BCUT2D eigenvalue weighted by atomic mass is 16.6. The summed E-state index contributed by atoms with van der Waals surface area (Å²) in [6.07, 6.45) is -0.311. The standard InChI is InChI=1S/C10H20N2O3.C8H8O2/c1-10(2,3)15-9(14)12-7-6-11-5-4-8(7)13;9-7-10-6-8-4-2-1-3-5-8/h7-8,11,13H,4-6H2,1-3H3,(H,12,14);1-5,7H,6H2/t7-,8+;/m1./s1. The van der Waals surface area contributed by atoms with Gasteiger partial charge in [0.2, 0.25) is 0 Å². The predicted octanol–water partition coefficient (Wildman–Crippen LogP) is 1.59. The van der Waals surface area contributed by atoms with E-state index in [0.29, 0.717) is 26.0 Å². The zero-order chi connectivity index (χ0) is 18.7. The second-order valence-corrected chi connectivity index (χ2v) is 6.71. The number of piperidine rings is 1. The van der Waals surface area contributed by atoms with Gasteiger partial charge in [0.05, 0.1) is 12.1 Å². The lowest BCUT2D eigenvalue weighted by molar-refractivity contribution is -0.129. The fraction of sp³-hybridized carbons (Fsp3) is 0.556. The monoisotopic (exact) mass is 352 g/mol. The number of aliphatic hydroxyl groups excluding tert-OH is 1. The Morgan fingerprint density at radius 3 is 2.60 bits per heavy atom. The summed E-state index contributed by atoms with van der Waals surface area (Å²) >= 11 is 0. The molecule has 7 heteroatoms. The quantitative estimate of drug-likeness (QED) is 0.712. The van der Waals surface area contributed by atoms with Crippen LogP contribution in [0.25, 0.3) is 0 Å². The van der Waals surface area contributed by atoms with Crippen molar-refractivity contribution >= 4 is 12.6 Å². The topological polar surface area (TPSA) is 96.9 Å². The average molecular weight is 352 g/mol. The molecular formula is C18H28N2O5. The summed E-state index contributed by atoms with van der Waals surface area (Å²) < 4.78 is 9.64. The molecule has 0 bridgehead atoms. The molecule has 1 aliphatic heterocycles. The molecule has 1 saturated heterocycles. The van der Waals surface area contributed by atoms with Gasteiger partial charge in [-0.25, -0.2) is 4.79 Å². The molecule has 0 spiro atoms. The maximum absolute atomic E-state index is 11.4. The number of benzene rings is 1. The zero-order valence-electron chi connectivity index (χ0n) is 15.0. The van der Waals surface area contributed by atoms with Crippen LogP contribution in [0.5, 0.6) is 0 Å². The van der Waals surface area contributed by atoms with Crippen LogP contribution in [0.4, 0.5) is 4.79 Å². The van der Waals surface area contributed by atoms with E-state index in [1.165, 1.54) is 0 Å². The Morgan fingerprint density at radius 2 is 2.04 bits per heavy atom. The number of nitrogens with one attached hydrogen (secondary N) is 2. The highest BCUT2D eigenvalue weighted by molar-refractivity contribution is 5.68. The molecule has 0 aliphatic carbocycles. The van der Waals surface area contributed by atoms with Crippen molar-refractivity contribution in [1.29, 1.82) is 0 Å². The van der Waals surface area contributed by atoms with Gasteiger partial charge in [0.15, 0.2) is 0 Å². The van der Waals surface area contributed by atoms with Gasteiger partial charge >= 0.3 is 6.09 Å². The van der Waals surface area contributed by atoms with E-state index in [-0.39, 0.29) is 6.04 Å². The van der Waals surface area contributed by atoms with Crippen LogP contribution in [-0.4, -0.2) is 48.5 Å². The maximum atomic E-state index is 11.4. The van der Waals surface area contributed by atoms with Crippen molar-refractivity contribution in [2.24, 2.45) is 0 Å². The van der Waals surface area contributed by atoms with Crippen LogP contribution >= 0.6 is 0 Å². The van der Waals surface area contributed by atoms with Crippen molar-refractivity contribution in [3.8, 4) is 0 Å². The van der Waals surface area contributed by atoms with Crippen molar-refractivity contribution in [3.05, 3.63) is 35.9 Å². The van der Waals surface area contributed by atoms with Gasteiger partial charge in [0.1, 0.15) is 12.2 Å². The van der Waals surface area contributed by atoms with Crippen molar-refractivity contribution in [2.45, 2.75) is 51.5 Å². The minimum atomic E-state index is -0.503. The normalized spacial score (nSPS) is 19.8. The van der Waals surface area contributed by atoms with E-state index >= 15 is 0 Å². The molecule has 1 aliphatic rings. The van der Waals surface area contributed by atoms with Crippen LogP contribution in [0, 0.1) is 0 Å². The van der Waals surface area contributed by atoms with Crippen molar-refractivity contribution in [1.82, 2.24) is 10.6 Å². The summed E-state index contributed by atoms with van der Waals surface area (Å²) in [7, 11) is 0. The number of amides is 1. The molecular weight excluding hydrogens is 324 g/mol. The third-order valence-corrected chi connectivity index (χ3v) is 3.31. The number of hydrogen-bond acceptors (Lipinski definition) is 6. The fourth-order valence-electron chi connectivity index (χ4n) is 2.16. The lowest BCUT2D eigenvalue weighted by Gasteiger charge is -2.30. The van der Waals surface area contributed by atoms with Gasteiger partial charge in [-0.05, 0) is 39.3 Å². The third-order valence-electron chi connectivity index (χ3n) is 3.31. The largest absolute Gasteiger partial charge is 0.463 e. The average Bonchev–Trinajstić information content (AvgIpc) is 2.55. The van der Waals surface area contributed by atoms with Crippen LogP contribution in [0.1, 0.15) is 32.8 Å². The fourth-order valence-corrected chi connectivity index (χ4v) is 2.16. The summed E-state index contributed by atoms with van der Waals surface area (Å²) in [5, 5.41) is 15.4. The molecule has 1 heterocycles. The summed E-state index contributed by atoms with van der Waals surface area (Å²) in [6.45, 7) is 7.61. The summed E-state index contributed by atoms with van der Waals surface area (Å²) in [6, 6.07) is 9.29. The van der Waals surface area contributed by atoms with Gasteiger partial charge in [-0.15, -0.1) is 0 Å². The van der Waals surface area contributed by atoms with Gasteiger partial charge in [-0.1, -0.05) is 30.3 Å². The molecule has 0 radical (unpaired) electrons. The number of aliphatic hydroxyl groups is 1. The Kier molecular flexibility index (Phi) is 8.94. The van der Waals surface area contributed by atoms with Gasteiger partial charge in [-0.3, -0.25) is 4.79 Å². The Bertz CT molecular complexity index is 516. The number of carbonyl (C=O) groups excluding carboxylic acids is 2. The summed E-state index contributed by atoms with van der Waals surface area (Å²) in [5.41, 5.74) is 0.506. The molecule has 140 valence electrons. The Balaban J connectivity index is 0.000000271. The van der Waals surface area contributed by atoms with E-state index in [1.807, 2.05) is 51.1 Å². The summed E-state index contributed by atoms with van der Waals surface area (Å²) in [5.74, 6) is 0. The van der Waals surface area contributed by atoms with Gasteiger partial charge in [-0.2, -0.15) is 0 Å². The molecule has 25 heavy (non-hydrogen) atoms. The minimum Gasteiger partial charge on any atom is -0.463 e. The Hall–Kier alpha value is -2.12. The molecule has 1 amide bonds. The van der Waals surface area contributed by atoms with Crippen LogP contribution in [0.3, 0.4) is 0 Å². The number of alkyl carbamates (subject to hydrolysis) is 1. The third kappa shape index (κ3) is 9.69. The van der Waals surface area contributed by atoms with E-state index in [0.717, 1.165) is 12.1 Å². The van der Waals surface area contributed by atoms with Crippen LogP contribution in [0.15, 0.2) is 30.3 Å². The highest BCUT2D eigenvalue weighted by Crippen LogP contribution is 2.08. The minimum absolute atomic E-state index is 0.256.